The van der Waals surface area contributed by atoms with E-state index in [-0.39, 0.29) is 36.4 Å². The first-order chi connectivity index (χ1) is 18.6. The molecule has 0 spiro atoms. The number of hydrogen-bond acceptors (Lipinski definition) is 6. The number of aryl methyl sites for hydroxylation is 1. The van der Waals surface area contributed by atoms with E-state index in [0.717, 1.165) is 16.6 Å². The number of phenolic OH excluding ortho intramolecular Hbond substituents is 1. The Hall–Kier alpha value is -4.40. The monoisotopic (exact) mass is 529 g/mol. The second kappa shape index (κ2) is 11.6. The Morgan fingerprint density at radius 2 is 1.79 bits per heavy atom. The van der Waals surface area contributed by atoms with E-state index in [1.165, 1.54) is 13.2 Å². The van der Waals surface area contributed by atoms with Crippen molar-refractivity contribution in [2.24, 2.45) is 0 Å². The summed E-state index contributed by atoms with van der Waals surface area (Å²) in [5.74, 6) is -0.491. The average molecular weight is 530 g/mol. The lowest BCUT2D eigenvalue weighted by atomic mass is 9.99. The average Bonchev–Trinajstić information content (AvgIpc) is 3.29. The van der Waals surface area contributed by atoms with Crippen LogP contribution in [0.1, 0.15) is 43.5 Å². The number of para-hydroxylation sites is 1. The van der Waals surface area contributed by atoms with Gasteiger partial charge in [-0.05, 0) is 75.1 Å². The largest absolute Gasteiger partial charge is 0.504 e. The molecule has 0 bridgehead atoms. The number of carbonyl (C=O) groups is 2. The lowest BCUT2D eigenvalue weighted by molar-refractivity contribution is -0.142. The fourth-order valence-corrected chi connectivity index (χ4v) is 4.57. The van der Waals surface area contributed by atoms with Crippen LogP contribution in [0, 0.1) is 6.92 Å². The van der Waals surface area contributed by atoms with E-state index in [9.17, 15) is 14.7 Å². The third-order valence-electron chi connectivity index (χ3n) is 6.49. The highest BCUT2D eigenvalue weighted by atomic mass is 16.5. The molecule has 2 N–H and O–H groups in total. The van der Waals surface area contributed by atoms with E-state index in [1.54, 1.807) is 21.7 Å². The van der Waals surface area contributed by atoms with E-state index in [1.807, 2.05) is 76.2 Å². The van der Waals surface area contributed by atoms with Crippen molar-refractivity contribution in [2.45, 2.75) is 52.2 Å². The Morgan fingerprint density at radius 1 is 1.08 bits per heavy atom. The second-order valence-electron chi connectivity index (χ2n) is 10.6. The zero-order valence-corrected chi connectivity index (χ0v) is 23.0. The third kappa shape index (κ3) is 6.54. The molecule has 3 aromatic carbocycles. The number of aromatic nitrogens is 3. The molecule has 0 aliphatic rings. The van der Waals surface area contributed by atoms with Gasteiger partial charge in [-0.3, -0.25) is 9.59 Å². The number of phenols is 1. The summed E-state index contributed by atoms with van der Waals surface area (Å²) in [6.07, 6.45) is 0.540. The van der Waals surface area contributed by atoms with Crippen LogP contribution in [0.25, 0.3) is 11.0 Å². The number of nitrogens with zero attached hydrogens (tertiary/aromatic N) is 4. The Balaban J connectivity index is 1.76. The summed E-state index contributed by atoms with van der Waals surface area (Å²) in [7, 11) is 1.46. The molecule has 0 saturated carbocycles. The molecule has 9 nitrogen and oxygen atoms in total. The number of ether oxygens (including phenoxy) is 1. The van der Waals surface area contributed by atoms with Gasteiger partial charge in [-0.2, -0.15) is 0 Å². The number of rotatable bonds is 9. The van der Waals surface area contributed by atoms with Gasteiger partial charge >= 0.3 is 0 Å². The maximum Gasteiger partial charge on any atom is 0.247 e. The van der Waals surface area contributed by atoms with Gasteiger partial charge in [-0.25, -0.2) is 4.68 Å². The number of fused-ring (bicyclic) bond motifs is 1. The number of methoxy groups -OCH3 is 1. The molecule has 0 aliphatic heterocycles. The minimum Gasteiger partial charge on any atom is -0.504 e. The molecule has 2 amide bonds. The summed E-state index contributed by atoms with van der Waals surface area (Å²) < 4.78 is 6.75. The summed E-state index contributed by atoms with van der Waals surface area (Å²) in [5.41, 5.74) is 3.51. The molecular formula is C30H35N5O4. The Bertz CT molecular complexity index is 1470. The molecule has 204 valence electrons. The topological polar surface area (TPSA) is 110 Å². The number of nitrogens with one attached hydrogen (secondary N) is 1. The Morgan fingerprint density at radius 3 is 2.49 bits per heavy atom. The SMILES string of the molecule is COc1ccc([C@@H](C(=O)NC(C)(C)C)N(CCc2ccccc2C)C(=O)Cn2nnc3ccccc32)cc1O. The summed E-state index contributed by atoms with van der Waals surface area (Å²) in [5, 5.41) is 21.9. The van der Waals surface area contributed by atoms with Gasteiger partial charge in [0.25, 0.3) is 0 Å². The lowest BCUT2D eigenvalue weighted by Gasteiger charge is -2.34. The van der Waals surface area contributed by atoms with E-state index >= 15 is 0 Å². The maximum absolute atomic E-state index is 14.0. The van der Waals surface area contributed by atoms with Crippen molar-refractivity contribution in [3.63, 3.8) is 0 Å². The van der Waals surface area contributed by atoms with Crippen molar-refractivity contribution < 1.29 is 19.4 Å². The van der Waals surface area contributed by atoms with E-state index in [4.69, 9.17) is 4.74 Å². The zero-order chi connectivity index (χ0) is 28.2. The van der Waals surface area contributed by atoms with Crippen LogP contribution < -0.4 is 10.1 Å². The maximum atomic E-state index is 14.0. The van der Waals surface area contributed by atoms with E-state index in [0.29, 0.717) is 17.5 Å². The summed E-state index contributed by atoms with van der Waals surface area (Å²) in [4.78, 5) is 29.4. The Kier molecular flexibility index (Phi) is 8.18. The fourth-order valence-electron chi connectivity index (χ4n) is 4.57. The van der Waals surface area contributed by atoms with Crippen LogP contribution >= 0.6 is 0 Å². The predicted octanol–water partition coefficient (Wildman–Crippen LogP) is 4.18. The number of hydrogen-bond donors (Lipinski definition) is 2. The van der Waals surface area contributed by atoms with Gasteiger partial charge in [0.15, 0.2) is 11.5 Å². The molecule has 0 saturated heterocycles. The molecule has 4 rings (SSSR count). The first kappa shape index (κ1) is 27.6. The van der Waals surface area contributed by atoms with Crippen molar-refractivity contribution in [1.82, 2.24) is 25.2 Å². The smallest absolute Gasteiger partial charge is 0.247 e. The molecule has 1 aromatic heterocycles. The minimum absolute atomic E-state index is 0.101. The van der Waals surface area contributed by atoms with Crippen LogP contribution in [0.5, 0.6) is 11.5 Å². The quantitative estimate of drug-likeness (QED) is 0.337. The molecular weight excluding hydrogens is 494 g/mol. The highest BCUT2D eigenvalue weighted by Gasteiger charge is 2.34. The highest BCUT2D eigenvalue weighted by molar-refractivity contribution is 5.89. The highest BCUT2D eigenvalue weighted by Crippen LogP contribution is 2.32. The second-order valence-corrected chi connectivity index (χ2v) is 10.6. The van der Waals surface area contributed by atoms with Crippen LogP contribution in [0.2, 0.25) is 0 Å². The Labute approximate surface area is 228 Å². The van der Waals surface area contributed by atoms with Crippen LogP contribution in [0.4, 0.5) is 0 Å². The van der Waals surface area contributed by atoms with Gasteiger partial charge < -0.3 is 20.1 Å². The normalized spacial score (nSPS) is 12.2. The molecule has 0 aliphatic carbocycles. The van der Waals surface area contributed by atoms with Crippen molar-refractivity contribution in [1.29, 1.82) is 0 Å². The van der Waals surface area contributed by atoms with E-state index in [2.05, 4.69) is 15.6 Å². The fraction of sp³-hybridized carbons (Fsp3) is 0.333. The minimum atomic E-state index is -1.01. The van der Waals surface area contributed by atoms with Crippen LogP contribution in [-0.2, 0) is 22.6 Å². The molecule has 4 aromatic rings. The molecule has 1 heterocycles. The van der Waals surface area contributed by atoms with Gasteiger partial charge in [0, 0.05) is 12.1 Å². The van der Waals surface area contributed by atoms with Gasteiger partial charge in [0.05, 0.1) is 12.6 Å². The molecule has 1 atom stereocenters. The molecule has 0 unspecified atom stereocenters. The summed E-state index contributed by atoms with van der Waals surface area (Å²) >= 11 is 0. The molecule has 0 fully saturated rings. The molecule has 9 heteroatoms. The third-order valence-corrected chi connectivity index (χ3v) is 6.49. The van der Waals surface area contributed by atoms with Crippen molar-refractivity contribution in [2.75, 3.05) is 13.7 Å². The zero-order valence-electron chi connectivity index (χ0n) is 23.0. The number of carbonyl (C=O) groups excluding carboxylic acids is 2. The van der Waals surface area contributed by atoms with Gasteiger partial charge in [0.1, 0.15) is 18.1 Å². The van der Waals surface area contributed by atoms with Crippen LogP contribution in [0.15, 0.2) is 66.7 Å². The standard InChI is InChI=1S/C30H35N5O4/c1-20-10-6-7-11-21(20)16-17-34(27(37)19-35-24-13-9-8-12-23(24)32-33-35)28(29(38)31-30(2,3)4)22-14-15-26(39-5)25(36)18-22/h6-15,18,28,36H,16-17,19H2,1-5H3,(H,31,38)/t28-/m0/s1. The van der Waals surface area contributed by atoms with Crippen molar-refractivity contribution in [3.05, 3.63) is 83.4 Å². The predicted molar refractivity (Wildman–Crippen MR) is 149 cm³/mol. The lowest BCUT2D eigenvalue weighted by Crippen LogP contribution is -2.50. The number of amides is 2. The summed E-state index contributed by atoms with van der Waals surface area (Å²) in [6.45, 7) is 7.84. The number of aromatic hydroxyl groups is 1. The number of benzene rings is 3. The first-order valence-corrected chi connectivity index (χ1v) is 12.9. The first-order valence-electron chi connectivity index (χ1n) is 12.9. The van der Waals surface area contributed by atoms with Crippen molar-refractivity contribution in [3.8, 4) is 11.5 Å². The van der Waals surface area contributed by atoms with Crippen LogP contribution in [-0.4, -0.2) is 56.0 Å². The molecule has 39 heavy (non-hydrogen) atoms. The van der Waals surface area contributed by atoms with Gasteiger partial charge in [-0.15, -0.1) is 5.10 Å². The van der Waals surface area contributed by atoms with Crippen molar-refractivity contribution >= 4 is 22.8 Å². The van der Waals surface area contributed by atoms with Gasteiger partial charge in [0.2, 0.25) is 11.8 Å². The molecule has 0 radical (unpaired) electrons. The van der Waals surface area contributed by atoms with Gasteiger partial charge in [-0.1, -0.05) is 47.7 Å². The van der Waals surface area contributed by atoms with Crippen LogP contribution in [0.3, 0.4) is 0 Å². The van der Waals surface area contributed by atoms with E-state index < -0.39 is 11.6 Å². The summed E-state index contributed by atoms with van der Waals surface area (Å²) in [6, 6.07) is 19.1.